The molecule has 1 aliphatic heterocycles. The number of morpholine rings is 1. The third-order valence-corrected chi connectivity index (χ3v) is 4.94. The lowest BCUT2D eigenvalue weighted by Crippen LogP contribution is -3.14. The fraction of sp³-hybridized carbons (Fsp3) is 0.700. The molecule has 0 atom stereocenters. The van der Waals surface area contributed by atoms with Crippen LogP contribution in [0.4, 0.5) is 0 Å². The quantitative estimate of drug-likeness (QED) is 0.506. The molecule has 2 heterocycles. The molecule has 1 saturated heterocycles. The van der Waals surface area contributed by atoms with E-state index in [0.717, 1.165) is 39.3 Å². The number of rotatable bonds is 11. The first-order valence-corrected chi connectivity index (χ1v) is 10.0. The normalized spacial score (nSPS) is 14.8. The van der Waals surface area contributed by atoms with Gasteiger partial charge < -0.3 is 29.0 Å². The van der Waals surface area contributed by atoms with Crippen molar-refractivity contribution in [1.82, 2.24) is 10.2 Å². The minimum absolute atomic E-state index is 0.0303. The Morgan fingerprint density at radius 2 is 2.00 bits per heavy atom. The van der Waals surface area contributed by atoms with Gasteiger partial charge in [-0.05, 0) is 26.3 Å². The number of methoxy groups -OCH3 is 1. The van der Waals surface area contributed by atoms with Gasteiger partial charge in [0.1, 0.15) is 24.6 Å². The number of nitrogens with zero attached hydrogens (tertiary/aromatic N) is 1. The summed E-state index contributed by atoms with van der Waals surface area (Å²) >= 11 is 0. The highest BCUT2D eigenvalue weighted by Crippen LogP contribution is 2.16. The number of nitrogens with one attached hydrogen (secondary N) is 2. The second-order valence-corrected chi connectivity index (χ2v) is 7.18. The summed E-state index contributed by atoms with van der Waals surface area (Å²) in [5.74, 6) is 1.19. The zero-order valence-corrected chi connectivity index (χ0v) is 17.3. The van der Waals surface area contributed by atoms with Crippen molar-refractivity contribution in [3.8, 4) is 0 Å². The summed E-state index contributed by atoms with van der Waals surface area (Å²) in [7, 11) is 1.64. The Kier molecular flexibility index (Phi) is 9.46. The van der Waals surface area contributed by atoms with E-state index in [0.29, 0.717) is 43.3 Å². The van der Waals surface area contributed by atoms with Crippen LogP contribution in [0.25, 0.3) is 0 Å². The molecule has 2 rings (SSSR count). The van der Waals surface area contributed by atoms with E-state index in [2.05, 4.69) is 5.32 Å². The van der Waals surface area contributed by atoms with Crippen molar-refractivity contribution in [3.05, 3.63) is 23.2 Å². The summed E-state index contributed by atoms with van der Waals surface area (Å²) in [4.78, 5) is 28.3. The molecule has 0 spiro atoms. The molecule has 2 N–H and O–H groups in total. The van der Waals surface area contributed by atoms with Gasteiger partial charge in [-0.15, -0.1) is 0 Å². The molecular weight excluding hydrogens is 362 g/mol. The molecular formula is C20H34N3O5+. The predicted octanol–water partition coefficient (Wildman–Crippen LogP) is -0.203. The van der Waals surface area contributed by atoms with Crippen LogP contribution in [0.1, 0.15) is 34.7 Å². The molecule has 0 aromatic carbocycles. The fourth-order valence-electron chi connectivity index (χ4n) is 3.34. The van der Waals surface area contributed by atoms with Crippen molar-refractivity contribution in [1.29, 1.82) is 0 Å². The van der Waals surface area contributed by atoms with Crippen LogP contribution < -0.4 is 10.2 Å². The highest BCUT2D eigenvalue weighted by atomic mass is 16.5. The molecule has 28 heavy (non-hydrogen) atoms. The van der Waals surface area contributed by atoms with E-state index in [4.69, 9.17) is 13.9 Å². The molecule has 1 aromatic rings. The van der Waals surface area contributed by atoms with Gasteiger partial charge in [0.05, 0.1) is 31.9 Å². The van der Waals surface area contributed by atoms with Crippen molar-refractivity contribution in [2.24, 2.45) is 0 Å². The van der Waals surface area contributed by atoms with Gasteiger partial charge in [-0.25, -0.2) is 0 Å². The zero-order valence-electron chi connectivity index (χ0n) is 17.3. The third kappa shape index (κ3) is 7.26. The summed E-state index contributed by atoms with van der Waals surface area (Å²) in [5, 5.41) is 2.97. The largest absolute Gasteiger partial charge is 0.466 e. The maximum Gasteiger partial charge on any atom is 0.257 e. The number of furan rings is 1. The Bertz CT molecular complexity index is 625. The standard InChI is InChI=1S/C20H33N3O5/c1-16-15-18(17(2)28-16)20(25)23(7-4-12-26-3)8-5-19(24)21-6-9-22-10-13-27-14-11-22/h15H,4-14H2,1-3H3,(H,21,24)/p+1. The molecule has 0 saturated carbocycles. The molecule has 0 bridgehead atoms. The molecule has 158 valence electrons. The van der Waals surface area contributed by atoms with Crippen LogP contribution >= 0.6 is 0 Å². The van der Waals surface area contributed by atoms with E-state index in [1.807, 2.05) is 6.92 Å². The van der Waals surface area contributed by atoms with Crippen molar-refractivity contribution >= 4 is 11.8 Å². The van der Waals surface area contributed by atoms with Gasteiger partial charge in [-0.2, -0.15) is 0 Å². The summed E-state index contributed by atoms with van der Waals surface area (Å²) in [5.41, 5.74) is 0.561. The lowest BCUT2D eigenvalue weighted by Gasteiger charge is -2.24. The molecule has 8 heteroatoms. The molecule has 1 fully saturated rings. The molecule has 0 aliphatic carbocycles. The van der Waals surface area contributed by atoms with Crippen LogP contribution in [-0.4, -0.2) is 82.9 Å². The van der Waals surface area contributed by atoms with Crippen LogP contribution in [0.15, 0.2) is 10.5 Å². The lowest BCUT2D eigenvalue weighted by molar-refractivity contribution is -0.906. The van der Waals surface area contributed by atoms with Gasteiger partial charge in [-0.1, -0.05) is 0 Å². The summed E-state index contributed by atoms with van der Waals surface area (Å²) in [6, 6.07) is 1.76. The highest BCUT2D eigenvalue weighted by molar-refractivity contribution is 5.95. The topological polar surface area (TPSA) is 85.5 Å². The van der Waals surface area contributed by atoms with Crippen LogP contribution in [0.3, 0.4) is 0 Å². The van der Waals surface area contributed by atoms with Gasteiger partial charge in [0.15, 0.2) is 0 Å². The van der Waals surface area contributed by atoms with Gasteiger partial charge in [-0.3, -0.25) is 9.59 Å². The maximum absolute atomic E-state index is 12.9. The number of hydrogen-bond acceptors (Lipinski definition) is 5. The average molecular weight is 397 g/mol. The Morgan fingerprint density at radius 1 is 1.25 bits per heavy atom. The van der Waals surface area contributed by atoms with Gasteiger partial charge in [0.2, 0.25) is 5.91 Å². The SMILES string of the molecule is COCCCN(CCC(=O)NCC[NH+]1CCOCC1)C(=O)c1cc(C)oc1C. The Morgan fingerprint density at radius 3 is 2.64 bits per heavy atom. The number of carbonyl (C=O) groups excluding carboxylic acids is 2. The van der Waals surface area contributed by atoms with Crippen molar-refractivity contribution in [2.45, 2.75) is 26.7 Å². The number of ether oxygens (including phenoxy) is 2. The second-order valence-electron chi connectivity index (χ2n) is 7.18. The van der Waals surface area contributed by atoms with Gasteiger partial charge >= 0.3 is 0 Å². The smallest absolute Gasteiger partial charge is 0.257 e. The minimum Gasteiger partial charge on any atom is -0.466 e. The zero-order chi connectivity index (χ0) is 20.4. The van der Waals surface area contributed by atoms with E-state index in [9.17, 15) is 9.59 Å². The third-order valence-electron chi connectivity index (χ3n) is 4.94. The Hall–Kier alpha value is -1.90. The highest BCUT2D eigenvalue weighted by Gasteiger charge is 2.21. The van der Waals surface area contributed by atoms with Crippen LogP contribution in [0.2, 0.25) is 0 Å². The maximum atomic E-state index is 12.9. The predicted molar refractivity (Wildman–Crippen MR) is 105 cm³/mol. The number of carbonyl (C=O) groups is 2. The van der Waals surface area contributed by atoms with Crippen LogP contribution in [-0.2, 0) is 14.3 Å². The van der Waals surface area contributed by atoms with Crippen molar-refractivity contribution < 1.29 is 28.4 Å². The fourth-order valence-corrected chi connectivity index (χ4v) is 3.34. The van der Waals surface area contributed by atoms with E-state index >= 15 is 0 Å². The number of hydrogen-bond donors (Lipinski definition) is 2. The average Bonchev–Trinajstić information content (AvgIpc) is 3.03. The van der Waals surface area contributed by atoms with E-state index < -0.39 is 0 Å². The van der Waals surface area contributed by atoms with E-state index in [1.54, 1.807) is 25.0 Å². The lowest BCUT2D eigenvalue weighted by atomic mass is 10.2. The first-order valence-electron chi connectivity index (χ1n) is 10.0. The van der Waals surface area contributed by atoms with E-state index in [1.165, 1.54) is 4.90 Å². The Labute approximate surface area is 167 Å². The van der Waals surface area contributed by atoms with Gasteiger partial charge in [0, 0.05) is 33.2 Å². The van der Waals surface area contributed by atoms with E-state index in [-0.39, 0.29) is 18.2 Å². The van der Waals surface area contributed by atoms with Crippen molar-refractivity contribution in [3.63, 3.8) is 0 Å². The molecule has 0 unspecified atom stereocenters. The van der Waals surface area contributed by atoms with Crippen molar-refractivity contribution in [2.75, 3.05) is 66.2 Å². The molecule has 1 aliphatic rings. The summed E-state index contributed by atoms with van der Waals surface area (Å²) in [6.07, 6.45) is 1.01. The number of amides is 2. The number of aryl methyl sites for hydroxylation is 2. The first-order chi connectivity index (χ1) is 13.5. The number of quaternary nitrogens is 1. The Balaban J connectivity index is 1.81. The molecule has 8 nitrogen and oxygen atoms in total. The first kappa shape index (κ1) is 22.4. The second kappa shape index (κ2) is 11.8. The van der Waals surface area contributed by atoms with Crippen LogP contribution in [0.5, 0.6) is 0 Å². The monoisotopic (exact) mass is 396 g/mol. The minimum atomic E-state index is -0.101. The molecule has 1 aromatic heterocycles. The van der Waals surface area contributed by atoms with Gasteiger partial charge in [0.25, 0.3) is 5.91 Å². The molecule has 2 amide bonds. The summed E-state index contributed by atoms with van der Waals surface area (Å²) < 4.78 is 15.9. The van der Waals surface area contributed by atoms with Crippen LogP contribution in [0, 0.1) is 13.8 Å². The molecule has 0 radical (unpaired) electrons. The summed E-state index contributed by atoms with van der Waals surface area (Å²) in [6.45, 7) is 10.2.